The van der Waals surface area contributed by atoms with E-state index in [-0.39, 0.29) is 17.9 Å². The third kappa shape index (κ3) is 3.80. The molecule has 0 N–H and O–H groups in total. The van der Waals surface area contributed by atoms with Gasteiger partial charge in [0.1, 0.15) is 0 Å². The lowest BCUT2D eigenvalue weighted by Crippen LogP contribution is -2.49. The maximum absolute atomic E-state index is 13.1. The number of amides is 2. The van der Waals surface area contributed by atoms with Gasteiger partial charge in [0.05, 0.1) is 19.3 Å². The number of morpholine rings is 1. The van der Waals surface area contributed by atoms with Gasteiger partial charge in [0.15, 0.2) is 0 Å². The summed E-state index contributed by atoms with van der Waals surface area (Å²) in [6, 6.07) is 9.20. The van der Waals surface area contributed by atoms with Crippen molar-refractivity contribution in [3.63, 3.8) is 0 Å². The second-order valence-corrected chi connectivity index (χ2v) is 7.86. The standard InChI is InChI=1S/C23H26N4O3/c1-25(2)22(28)17-4-5-21-20(13-17)18(14-26(21)3)12-19-15-30-11-10-27(19)23(29)16-6-8-24-9-7-16/h4-9,13-14,19H,10-12,15H2,1-3H3/t19-/m0/s1. The first-order valence-corrected chi connectivity index (χ1v) is 10.0. The first-order chi connectivity index (χ1) is 14.5. The van der Waals surface area contributed by atoms with Crippen molar-refractivity contribution in [2.45, 2.75) is 12.5 Å². The van der Waals surface area contributed by atoms with Gasteiger partial charge in [-0.25, -0.2) is 0 Å². The zero-order valence-electron chi connectivity index (χ0n) is 17.5. The van der Waals surface area contributed by atoms with Crippen LogP contribution in [-0.2, 0) is 18.2 Å². The number of fused-ring (bicyclic) bond motifs is 1. The Kier molecular flexibility index (Phi) is 5.55. The normalized spacial score (nSPS) is 16.6. The van der Waals surface area contributed by atoms with Crippen LogP contribution < -0.4 is 0 Å². The Morgan fingerprint density at radius 3 is 2.67 bits per heavy atom. The molecule has 2 amide bonds. The fourth-order valence-corrected chi connectivity index (χ4v) is 4.03. The van der Waals surface area contributed by atoms with Crippen LogP contribution in [-0.4, -0.2) is 71.1 Å². The van der Waals surface area contributed by atoms with Crippen LogP contribution >= 0.6 is 0 Å². The molecule has 7 heteroatoms. The Morgan fingerprint density at radius 1 is 1.17 bits per heavy atom. The number of carbonyl (C=O) groups excluding carboxylic acids is 2. The highest BCUT2D eigenvalue weighted by molar-refractivity contribution is 5.99. The van der Waals surface area contributed by atoms with Gasteiger partial charge in [0, 0.05) is 68.3 Å². The topological polar surface area (TPSA) is 67.7 Å². The Balaban J connectivity index is 1.65. The highest BCUT2D eigenvalue weighted by atomic mass is 16.5. The predicted octanol–water partition coefficient (Wildman–Crippen LogP) is 2.36. The maximum atomic E-state index is 13.1. The number of hydrogen-bond acceptors (Lipinski definition) is 4. The molecule has 7 nitrogen and oxygen atoms in total. The molecule has 4 rings (SSSR count). The second kappa shape index (κ2) is 8.28. The van der Waals surface area contributed by atoms with Crippen LogP contribution in [0, 0.1) is 0 Å². The van der Waals surface area contributed by atoms with Crippen LogP contribution in [0.1, 0.15) is 26.3 Å². The van der Waals surface area contributed by atoms with E-state index >= 15 is 0 Å². The van der Waals surface area contributed by atoms with Crippen LogP contribution in [0.5, 0.6) is 0 Å². The zero-order chi connectivity index (χ0) is 21.3. The van der Waals surface area contributed by atoms with Crippen molar-refractivity contribution in [2.75, 3.05) is 33.9 Å². The Hall–Kier alpha value is -3.19. The number of ether oxygens (including phenoxy) is 1. The van der Waals surface area contributed by atoms with Gasteiger partial charge < -0.3 is 19.1 Å². The van der Waals surface area contributed by atoms with Crippen LogP contribution in [0.3, 0.4) is 0 Å². The maximum Gasteiger partial charge on any atom is 0.254 e. The molecule has 1 aliphatic rings. The number of carbonyl (C=O) groups is 2. The minimum Gasteiger partial charge on any atom is -0.377 e. The van der Waals surface area contributed by atoms with E-state index in [1.807, 2.05) is 30.1 Å². The Labute approximate surface area is 175 Å². The van der Waals surface area contributed by atoms with Crippen molar-refractivity contribution in [1.29, 1.82) is 0 Å². The number of pyridine rings is 1. The lowest BCUT2D eigenvalue weighted by Gasteiger charge is -2.35. The van der Waals surface area contributed by atoms with Crippen molar-refractivity contribution in [3.8, 4) is 0 Å². The number of hydrogen-bond donors (Lipinski definition) is 0. The molecule has 0 saturated carbocycles. The fourth-order valence-electron chi connectivity index (χ4n) is 4.03. The molecular formula is C23H26N4O3. The molecule has 3 heterocycles. The largest absolute Gasteiger partial charge is 0.377 e. The molecular weight excluding hydrogens is 380 g/mol. The second-order valence-electron chi connectivity index (χ2n) is 7.86. The van der Waals surface area contributed by atoms with Gasteiger partial charge in [-0.2, -0.15) is 0 Å². The molecule has 156 valence electrons. The summed E-state index contributed by atoms with van der Waals surface area (Å²) in [5.41, 5.74) is 3.45. The van der Waals surface area contributed by atoms with E-state index in [9.17, 15) is 9.59 Å². The van der Waals surface area contributed by atoms with Gasteiger partial charge in [-0.1, -0.05) is 0 Å². The molecule has 0 unspecified atom stereocenters. The van der Waals surface area contributed by atoms with Gasteiger partial charge in [0.25, 0.3) is 11.8 Å². The smallest absolute Gasteiger partial charge is 0.254 e. The van der Waals surface area contributed by atoms with E-state index in [0.717, 1.165) is 16.5 Å². The summed E-state index contributed by atoms with van der Waals surface area (Å²) in [6.45, 7) is 1.58. The van der Waals surface area contributed by atoms with Crippen molar-refractivity contribution < 1.29 is 14.3 Å². The van der Waals surface area contributed by atoms with Gasteiger partial charge in [-0.05, 0) is 42.3 Å². The molecule has 0 radical (unpaired) electrons. The minimum absolute atomic E-state index is 0.00517. The zero-order valence-corrected chi connectivity index (χ0v) is 17.5. The quantitative estimate of drug-likeness (QED) is 0.667. The number of aryl methyl sites for hydroxylation is 1. The monoisotopic (exact) mass is 406 g/mol. The molecule has 1 atom stereocenters. The van der Waals surface area contributed by atoms with Gasteiger partial charge in [0.2, 0.25) is 0 Å². The number of aromatic nitrogens is 2. The van der Waals surface area contributed by atoms with Crippen molar-refractivity contribution in [1.82, 2.24) is 19.4 Å². The molecule has 0 aliphatic carbocycles. The first kappa shape index (κ1) is 20.1. The van der Waals surface area contributed by atoms with Crippen LogP contribution in [0.25, 0.3) is 10.9 Å². The predicted molar refractivity (Wildman–Crippen MR) is 115 cm³/mol. The minimum atomic E-state index is -0.0711. The molecule has 30 heavy (non-hydrogen) atoms. The number of benzene rings is 1. The summed E-state index contributed by atoms with van der Waals surface area (Å²) in [4.78, 5) is 33.0. The van der Waals surface area contributed by atoms with Gasteiger partial charge in [-0.3, -0.25) is 14.6 Å². The summed E-state index contributed by atoms with van der Waals surface area (Å²) in [5, 5.41) is 1.03. The summed E-state index contributed by atoms with van der Waals surface area (Å²) in [7, 11) is 5.50. The van der Waals surface area contributed by atoms with Crippen molar-refractivity contribution >= 4 is 22.7 Å². The van der Waals surface area contributed by atoms with Gasteiger partial charge >= 0.3 is 0 Å². The average molecular weight is 406 g/mol. The number of rotatable bonds is 4. The van der Waals surface area contributed by atoms with Gasteiger partial charge in [-0.15, -0.1) is 0 Å². The van der Waals surface area contributed by atoms with Crippen LogP contribution in [0.4, 0.5) is 0 Å². The van der Waals surface area contributed by atoms with E-state index in [0.29, 0.717) is 37.3 Å². The summed E-state index contributed by atoms with van der Waals surface area (Å²) in [5.74, 6) is -0.0309. The van der Waals surface area contributed by atoms with E-state index in [1.165, 1.54) is 0 Å². The SMILES string of the molecule is CN(C)C(=O)c1ccc2c(c1)c(C[C@H]1COCCN1C(=O)c1ccncc1)cn2C. The summed E-state index contributed by atoms with van der Waals surface area (Å²) in [6.07, 6.45) is 6.01. The first-order valence-electron chi connectivity index (χ1n) is 10.0. The summed E-state index contributed by atoms with van der Waals surface area (Å²) >= 11 is 0. The molecule has 1 saturated heterocycles. The van der Waals surface area contributed by atoms with E-state index in [1.54, 1.807) is 43.5 Å². The Morgan fingerprint density at radius 2 is 1.93 bits per heavy atom. The van der Waals surface area contributed by atoms with Crippen LogP contribution in [0.15, 0.2) is 48.9 Å². The van der Waals surface area contributed by atoms with E-state index in [2.05, 4.69) is 15.7 Å². The number of nitrogens with zero attached hydrogens (tertiary/aromatic N) is 4. The Bertz CT molecular complexity index is 1070. The lowest BCUT2D eigenvalue weighted by atomic mass is 10.0. The third-order valence-electron chi connectivity index (χ3n) is 5.60. The summed E-state index contributed by atoms with van der Waals surface area (Å²) < 4.78 is 7.77. The lowest BCUT2D eigenvalue weighted by molar-refractivity contribution is -0.00156. The van der Waals surface area contributed by atoms with Crippen molar-refractivity contribution in [3.05, 3.63) is 65.6 Å². The highest BCUT2D eigenvalue weighted by Crippen LogP contribution is 2.26. The molecule has 0 spiro atoms. The highest BCUT2D eigenvalue weighted by Gasteiger charge is 2.29. The average Bonchev–Trinajstić information content (AvgIpc) is 3.08. The van der Waals surface area contributed by atoms with E-state index in [4.69, 9.17) is 4.74 Å². The molecule has 1 aromatic carbocycles. The molecule has 3 aromatic rings. The third-order valence-corrected chi connectivity index (χ3v) is 5.60. The van der Waals surface area contributed by atoms with Crippen LogP contribution in [0.2, 0.25) is 0 Å². The molecule has 1 fully saturated rings. The van der Waals surface area contributed by atoms with Crippen molar-refractivity contribution in [2.24, 2.45) is 7.05 Å². The van der Waals surface area contributed by atoms with E-state index < -0.39 is 0 Å². The molecule has 1 aliphatic heterocycles. The molecule has 2 aromatic heterocycles. The molecule has 0 bridgehead atoms. The fraction of sp³-hybridized carbons (Fsp3) is 0.348.